The Morgan fingerprint density at radius 2 is 1.63 bits per heavy atom. The van der Waals surface area contributed by atoms with E-state index >= 15 is 0 Å². The van der Waals surface area contributed by atoms with E-state index in [0.29, 0.717) is 19.8 Å². The van der Waals surface area contributed by atoms with E-state index in [1.54, 1.807) is 0 Å². The van der Waals surface area contributed by atoms with Gasteiger partial charge in [-0.1, -0.05) is 6.92 Å². The van der Waals surface area contributed by atoms with Crippen molar-refractivity contribution in [3.05, 3.63) is 0 Å². The quantitative estimate of drug-likeness (QED) is 0.614. The zero-order valence-corrected chi connectivity index (χ0v) is 15.6. The standard InChI is InChI=1S/C13H26O2S4/c1-5-14-7-11-17-12(8-15-10(3)4)19-13(18-11)9-16-6-2/h10-13H,5-9H2,1-4H3. The normalized spacial score (nSPS) is 27.9. The molecule has 6 heteroatoms. The molecule has 1 rings (SSSR count). The van der Waals surface area contributed by atoms with Gasteiger partial charge in [-0.15, -0.1) is 35.3 Å². The zero-order valence-electron chi connectivity index (χ0n) is 12.3. The summed E-state index contributed by atoms with van der Waals surface area (Å²) in [5.74, 6) is 2.43. The van der Waals surface area contributed by atoms with Crippen LogP contribution in [0.2, 0.25) is 0 Å². The van der Waals surface area contributed by atoms with E-state index in [4.69, 9.17) is 9.47 Å². The van der Waals surface area contributed by atoms with Crippen molar-refractivity contribution in [3.8, 4) is 0 Å². The first-order chi connectivity index (χ1) is 9.15. The number of hydrogen-bond donors (Lipinski definition) is 0. The van der Waals surface area contributed by atoms with Crippen LogP contribution in [0.15, 0.2) is 0 Å². The monoisotopic (exact) mass is 342 g/mol. The van der Waals surface area contributed by atoms with Gasteiger partial charge in [-0.3, -0.25) is 0 Å². The van der Waals surface area contributed by atoms with Gasteiger partial charge in [0.1, 0.15) is 0 Å². The van der Waals surface area contributed by atoms with Gasteiger partial charge in [0.2, 0.25) is 0 Å². The average molecular weight is 343 g/mol. The first-order valence-electron chi connectivity index (χ1n) is 6.89. The minimum Gasteiger partial charge on any atom is -0.380 e. The van der Waals surface area contributed by atoms with Gasteiger partial charge in [0.15, 0.2) is 0 Å². The Bertz CT molecular complexity index is 213. The molecule has 1 heterocycles. The lowest BCUT2D eigenvalue weighted by Gasteiger charge is -2.33. The van der Waals surface area contributed by atoms with E-state index in [0.717, 1.165) is 19.8 Å². The molecule has 1 saturated heterocycles. The van der Waals surface area contributed by atoms with Crippen LogP contribution in [0.1, 0.15) is 27.7 Å². The Kier molecular flexibility index (Phi) is 10.6. The fraction of sp³-hybridized carbons (Fsp3) is 1.00. The Hall–Kier alpha value is 1.32. The van der Waals surface area contributed by atoms with Gasteiger partial charge in [-0.25, -0.2) is 0 Å². The van der Waals surface area contributed by atoms with Gasteiger partial charge in [-0.2, -0.15) is 11.8 Å². The highest BCUT2D eigenvalue weighted by atomic mass is 32.3. The Morgan fingerprint density at radius 3 is 2.21 bits per heavy atom. The molecule has 0 radical (unpaired) electrons. The molecule has 0 saturated carbocycles. The van der Waals surface area contributed by atoms with Gasteiger partial charge < -0.3 is 9.47 Å². The highest BCUT2D eigenvalue weighted by Crippen LogP contribution is 2.48. The second-order valence-electron chi connectivity index (χ2n) is 4.40. The third-order valence-corrected chi connectivity index (χ3v) is 8.49. The van der Waals surface area contributed by atoms with Crippen molar-refractivity contribution in [2.75, 3.05) is 31.3 Å². The summed E-state index contributed by atoms with van der Waals surface area (Å²) >= 11 is 8.20. The molecule has 0 aromatic carbocycles. The van der Waals surface area contributed by atoms with Crippen molar-refractivity contribution >= 4 is 47.0 Å². The van der Waals surface area contributed by atoms with Crippen molar-refractivity contribution in [2.24, 2.45) is 0 Å². The molecular formula is C13H26O2S4. The predicted octanol–water partition coefficient (Wildman–Crippen LogP) is 4.39. The maximum Gasteiger partial charge on any atom is 0.0759 e. The zero-order chi connectivity index (χ0) is 14.1. The molecular weight excluding hydrogens is 316 g/mol. The molecule has 114 valence electrons. The van der Waals surface area contributed by atoms with Crippen LogP contribution in [0.5, 0.6) is 0 Å². The van der Waals surface area contributed by atoms with Gasteiger partial charge in [0.05, 0.1) is 33.1 Å². The Morgan fingerprint density at radius 1 is 1.00 bits per heavy atom. The lowest BCUT2D eigenvalue weighted by atomic mass is 10.5. The van der Waals surface area contributed by atoms with Gasteiger partial charge in [0.25, 0.3) is 0 Å². The Balaban J connectivity index is 2.40. The first kappa shape index (κ1) is 18.4. The summed E-state index contributed by atoms with van der Waals surface area (Å²) in [6.07, 6.45) is 0.324. The minimum absolute atomic E-state index is 0.324. The van der Waals surface area contributed by atoms with E-state index in [2.05, 4.69) is 51.2 Å². The van der Waals surface area contributed by atoms with E-state index < -0.39 is 0 Å². The largest absolute Gasteiger partial charge is 0.380 e. The van der Waals surface area contributed by atoms with Gasteiger partial charge in [-0.05, 0) is 26.5 Å². The molecule has 2 nitrogen and oxygen atoms in total. The lowest BCUT2D eigenvalue weighted by molar-refractivity contribution is 0.0886. The van der Waals surface area contributed by atoms with Crippen molar-refractivity contribution in [3.63, 3.8) is 0 Å². The molecule has 0 aliphatic carbocycles. The van der Waals surface area contributed by atoms with Crippen molar-refractivity contribution < 1.29 is 9.47 Å². The SMILES string of the molecule is CCOCC1SC(COC(C)C)SC(CSCC)S1. The van der Waals surface area contributed by atoms with Crippen molar-refractivity contribution in [1.29, 1.82) is 0 Å². The number of thioether (sulfide) groups is 4. The molecule has 0 aromatic rings. The summed E-state index contributed by atoms with van der Waals surface area (Å²) in [6, 6.07) is 0. The van der Waals surface area contributed by atoms with Crippen LogP contribution in [0.4, 0.5) is 0 Å². The summed E-state index contributed by atoms with van der Waals surface area (Å²) in [5.41, 5.74) is 0. The minimum atomic E-state index is 0.324. The maximum atomic E-state index is 5.79. The third-order valence-electron chi connectivity index (χ3n) is 2.39. The molecule has 0 spiro atoms. The molecule has 3 unspecified atom stereocenters. The van der Waals surface area contributed by atoms with Crippen LogP contribution < -0.4 is 0 Å². The molecule has 1 fully saturated rings. The highest BCUT2D eigenvalue weighted by molar-refractivity contribution is 8.34. The van der Waals surface area contributed by atoms with Gasteiger partial charge in [0, 0.05) is 12.4 Å². The number of ether oxygens (including phenoxy) is 2. The average Bonchev–Trinajstić information content (AvgIpc) is 2.40. The molecule has 19 heavy (non-hydrogen) atoms. The molecule has 0 aromatic heterocycles. The predicted molar refractivity (Wildman–Crippen MR) is 94.7 cm³/mol. The molecule has 1 aliphatic rings. The molecule has 0 amide bonds. The topological polar surface area (TPSA) is 18.5 Å². The fourth-order valence-corrected chi connectivity index (χ4v) is 8.67. The fourth-order valence-electron chi connectivity index (χ4n) is 1.54. The molecule has 1 aliphatic heterocycles. The Labute approximate surface area is 135 Å². The summed E-state index contributed by atoms with van der Waals surface area (Å²) < 4.78 is 13.2. The van der Waals surface area contributed by atoms with Gasteiger partial charge >= 0.3 is 0 Å². The second kappa shape index (κ2) is 11.0. The van der Waals surface area contributed by atoms with Crippen LogP contribution in [-0.2, 0) is 9.47 Å². The second-order valence-corrected chi connectivity index (χ2v) is 10.8. The van der Waals surface area contributed by atoms with E-state index in [-0.39, 0.29) is 0 Å². The highest BCUT2D eigenvalue weighted by Gasteiger charge is 2.30. The molecule has 0 bridgehead atoms. The summed E-state index contributed by atoms with van der Waals surface area (Å²) in [6.45, 7) is 11.0. The van der Waals surface area contributed by atoms with E-state index in [1.165, 1.54) is 11.5 Å². The smallest absolute Gasteiger partial charge is 0.0759 e. The maximum absolute atomic E-state index is 5.79. The summed E-state index contributed by atoms with van der Waals surface area (Å²) in [5, 5.41) is 0. The van der Waals surface area contributed by atoms with Crippen LogP contribution in [-0.4, -0.2) is 51.2 Å². The first-order valence-corrected chi connectivity index (χ1v) is 10.9. The van der Waals surface area contributed by atoms with Crippen LogP contribution in [0.3, 0.4) is 0 Å². The summed E-state index contributed by atoms with van der Waals surface area (Å²) in [7, 11) is 0. The molecule has 3 atom stereocenters. The van der Waals surface area contributed by atoms with Crippen LogP contribution >= 0.6 is 47.0 Å². The lowest BCUT2D eigenvalue weighted by Crippen LogP contribution is -2.26. The summed E-state index contributed by atoms with van der Waals surface area (Å²) in [4.78, 5) is 0. The van der Waals surface area contributed by atoms with Crippen LogP contribution in [0.25, 0.3) is 0 Å². The third kappa shape index (κ3) is 8.37. The number of rotatable bonds is 9. The number of hydrogen-bond acceptors (Lipinski definition) is 6. The molecule has 0 N–H and O–H groups in total. The van der Waals surface area contributed by atoms with Crippen molar-refractivity contribution in [2.45, 2.75) is 47.5 Å². The van der Waals surface area contributed by atoms with E-state index in [1.807, 2.05) is 23.5 Å². The van der Waals surface area contributed by atoms with Crippen LogP contribution in [0, 0.1) is 0 Å². The van der Waals surface area contributed by atoms with E-state index in [9.17, 15) is 0 Å². The van der Waals surface area contributed by atoms with Crippen molar-refractivity contribution in [1.82, 2.24) is 0 Å².